The van der Waals surface area contributed by atoms with Crippen LogP contribution in [0, 0.1) is 12.7 Å². The number of carbonyl (C=O) groups excluding carboxylic acids is 1. The Morgan fingerprint density at radius 2 is 1.76 bits per heavy atom. The fraction of sp³-hybridized carbons (Fsp3) is 0.267. The number of rotatable bonds is 7. The van der Waals surface area contributed by atoms with Gasteiger partial charge >= 0.3 is 0 Å². The topological polar surface area (TPSA) is 75.0 Å². The van der Waals surface area contributed by atoms with Gasteiger partial charge in [0.2, 0.25) is 5.43 Å². The number of Topliss-reactive ketones (excluding diaryl/α,β-unsaturated/α-hetero) is 1. The van der Waals surface area contributed by atoms with Crippen LogP contribution in [0.4, 0.5) is 4.39 Å². The fourth-order valence-corrected chi connectivity index (χ4v) is 4.49. The summed E-state index contributed by atoms with van der Waals surface area (Å²) in [5.74, 6) is 1.53. The Kier molecular flexibility index (Phi) is 6.95. The van der Waals surface area contributed by atoms with Crippen molar-refractivity contribution < 1.29 is 27.8 Å². The van der Waals surface area contributed by atoms with E-state index in [2.05, 4.69) is 0 Å². The highest BCUT2D eigenvalue weighted by molar-refractivity contribution is 5.97. The summed E-state index contributed by atoms with van der Waals surface area (Å²) in [5.41, 5.74) is 2.55. The third-order valence-corrected chi connectivity index (χ3v) is 6.33. The van der Waals surface area contributed by atoms with Crippen molar-refractivity contribution in [3.63, 3.8) is 0 Å². The second kappa shape index (κ2) is 10.5. The largest absolute Gasteiger partial charge is 0.490 e. The van der Waals surface area contributed by atoms with Gasteiger partial charge in [-0.05, 0) is 66.9 Å². The number of benzene rings is 3. The highest BCUT2D eigenvalue weighted by Crippen LogP contribution is 2.36. The zero-order valence-electron chi connectivity index (χ0n) is 20.8. The molecule has 0 fully saturated rings. The van der Waals surface area contributed by atoms with Crippen LogP contribution in [0.15, 0.2) is 63.8 Å². The molecular formula is C30H27FO6. The SMILES string of the molecule is CCCc1cc2c(=O)c(-c3ccc4c(c3)OCCCO4)c(C)oc2cc1OCC(=O)c1ccc(F)cc1. The van der Waals surface area contributed by atoms with E-state index in [1.54, 1.807) is 19.1 Å². The van der Waals surface area contributed by atoms with Crippen LogP contribution in [0.5, 0.6) is 17.2 Å². The number of carbonyl (C=O) groups is 1. The van der Waals surface area contributed by atoms with Gasteiger partial charge in [0, 0.05) is 18.1 Å². The van der Waals surface area contributed by atoms with Gasteiger partial charge in [-0.3, -0.25) is 9.59 Å². The first kappa shape index (κ1) is 24.6. The van der Waals surface area contributed by atoms with Crippen LogP contribution in [-0.2, 0) is 6.42 Å². The van der Waals surface area contributed by atoms with E-state index >= 15 is 0 Å². The molecule has 1 aliphatic rings. The summed E-state index contributed by atoms with van der Waals surface area (Å²) in [5, 5.41) is 0.438. The van der Waals surface area contributed by atoms with Gasteiger partial charge in [0.1, 0.15) is 22.9 Å². The van der Waals surface area contributed by atoms with Gasteiger partial charge in [0.15, 0.2) is 23.9 Å². The molecule has 0 radical (unpaired) electrons. The number of halogens is 1. The van der Waals surface area contributed by atoms with Gasteiger partial charge in [0.05, 0.1) is 24.2 Å². The monoisotopic (exact) mass is 502 g/mol. The zero-order valence-corrected chi connectivity index (χ0v) is 20.8. The molecule has 0 unspecified atom stereocenters. The standard InChI is InChI=1S/C30H27FO6/c1-3-5-20-14-23-27(16-26(20)36-17-24(32)19-6-9-22(31)10-7-19)37-18(2)29(30(23)33)21-8-11-25-28(15-21)35-13-4-12-34-25/h6-11,14-16H,3-5,12-13,17H2,1-2H3. The molecule has 0 N–H and O–H groups in total. The molecule has 190 valence electrons. The fourth-order valence-electron chi connectivity index (χ4n) is 4.49. The minimum absolute atomic E-state index is 0.153. The Bertz CT molecular complexity index is 1520. The maximum absolute atomic E-state index is 13.7. The normalized spacial score (nSPS) is 12.8. The number of ketones is 1. The van der Waals surface area contributed by atoms with Gasteiger partial charge in [-0.2, -0.15) is 0 Å². The van der Waals surface area contributed by atoms with E-state index in [0.29, 0.717) is 70.3 Å². The number of ether oxygens (including phenoxy) is 3. The third-order valence-electron chi connectivity index (χ3n) is 6.33. The second-order valence-electron chi connectivity index (χ2n) is 9.00. The predicted octanol–water partition coefficient (Wildman–Crippen LogP) is 6.28. The molecule has 37 heavy (non-hydrogen) atoms. The Labute approximate surface area is 213 Å². The maximum Gasteiger partial charge on any atom is 0.200 e. The van der Waals surface area contributed by atoms with E-state index in [9.17, 15) is 14.0 Å². The minimum atomic E-state index is -0.409. The zero-order chi connectivity index (χ0) is 25.9. The summed E-state index contributed by atoms with van der Waals surface area (Å²) in [7, 11) is 0. The second-order valence-corrected chi connectivity index (χ2v) is 9.00. The summed E-state index contributed by atoms with van der Waals surface area (Å²) in [6, 6.07) is 14.3. The number of hydrogen-bond donors (Lipinski definition) is 0. The average molecular weight is 503 g/mol. The molecule has 6 nitrogen and oxygen atoms in total. The smallest absolute Gasteiger partial charge is 0.200 e. The van der Waals surface area contributed by atoms with E-state index in [0.717, 1.165) is 18.4 Å². The Balaban J connectivity index is 1.51. The summed E-state index contributed by atoms with van der Waals surface area (Å²) in [6.07, 6.45) is 2.27. The molecule has 0 atom stereocenters. The Morgan fingerprint density at radius 3 is 2.51 bits per heavy atom. The van der Waals surface area contributed by atoms with Crippen LogP contribution in [0.25, 0.3) is 22.1 Å². The molecule has 0 amide bonds. The molecule has 0 saturated carbocycles. The van der Waals surface area contributed by atoms with Gasteiger partial charge in [-0.1, -0.05) is 19.4 Å². The Hall–Kier alpha value is -4.13. The molecule has 4 aromatic rings. The van der Waals surface area contributed by atoms with Crippen LogP contribution < -0.4 is 19.6 Å². The lowest BCUT2D eigenvalue weighted by atomic mass is 10.00. The van der Waals surface area contributed by atoms with Crippen molar-refractivity contribution in [2.24, 2.45) is 0 Å². The number of aryl methyl sites for hydroxylation is 2. The van der Waals surface area contributed by atoms with Crippen LogP contribution in [-0.4, -0.2) is 25.6 Å². The van der Waals surface area contributed by atoms with Crippen molar-refractivity contribution in [2.75, 3.05) is 19.8 Å². The molecule has 1 aliphatic heterocycles. The van der Waals surface area contributed by atoms with Crippen LogP contribution in [0.2, 0.25) is 0 Å². The maximum atomic E-state index is 13.7. The van der Waals surface area contributed by atoms with Crippen LogP contribution in [0.3, 0.4) is 0 Å². The molecule has 5 rings (SSSR count). The van der Waals surface area contributed by atoms with Crippen molar-refractivity contribution in [3.05, 3.63) is 87.5 Å². The van der Waals surface area contributed by atoms with E-state index in [-0.39, 0.29) is 17.8 Å². The number of hydrogen-bond acceptors (Lipinski definition) is 6. The highest BCUT2D eigenvalue weighted by atomic mass is 19.1. The first-order chi connectivity index (χ1) is 17.9. The predicted molar refractivity (Wildman–Crippen MR) is 138 cm³/mol. The number of fused-ring (bicyclic) bond motifs is 2. The van der Waals surface area contributed by atoms with Crippen molar-refractivity contribution in [2.45, 2.75) is 33.1 Å². The van der Waals surface area contributed by atoms with E-state index in [1.165, 1.54) is 24.3 Å². The summed E-state index contributed by atoms with van der Waals surface area (Å²) in [4.78, 5) is 26.2. The quantitative estimate of drug-likeness (QED) is 0.277. The molecule has 0 spiro atoms. The first-order valence-electron chi connectivity index (χ1n) is 12.4. The van der Waals surface area contributed by atoms with E-state index < -0.39 is 5.82 Å². The molecule has 0 bridgehead atoms. The molecule has 1 aromatic heterocycles. The minimum Gasteiger partial charge on any atom is -0.490 e. The first-order valence-corrected chi connectivity index (χ1v) is 12.4. The molecule has 3 aromatic carbocycles. The van der Waals surface area contributed by atoms with Crippen molar-refractivity contribution in [1.29, 1.82) is 0 Å². The lowest BCUT2D eigenvalue weighted by Gasteiger charge is -2.14. The van der Waals surface area contributed by atoms with Gasteiger partial charge in [-0.15, -0.1) is 0 Å². The molecule has 0 saturated heterocycles. The summed E-state index contributed by atoms with van der Waals surface area (Å²) >= 11 is 0. The average Bonchev–Trinajstić information content (AvgIpc) is 3.13. The molecule has 0 aliphatic carbocycles. The van der Waals surface area contributed by atoms with E-state index in [4.69, 9.17) is 18.6 Å². The van der Waals surface area contributed by atoms with Crippen LogP contribution >= 0.6 is 0 Å². The summed E-state index contributed by atoms with van der Waals surface area (Å²) in [6.45, 7) is 4.70. The van der Waals surface area contributed by atoms with E-state index in [1.807, 2.05) is 25.1 Å². The lowest BCUT2D eigenvalue weighted by molar-refractivity contribution is 0.0921. The van der Waals surface area contributed by atoms with Crippen LogP contribution in [0.1, 0.15) is 41.4 Å². The van der Waals surface area contributed by atoms with Crippen molar-refractivity contribution in [3.8, 4) is 28.4 Å². The summed E-state index contributed by atoms with van der Waals surface area (Å²) < 4.78 is 36.7. The van der Waals surface area contributed by atoms with Gasteiger partial charge in [0.25, 0.3) is 0 Å². The van der Waals surface area contributed by atoms with Crippen molar-refractivity contribution >= 4 is 16.8 Å². The molecule has 7 heteroatoms. The van der Waals surface area contributed by atoms with Crippen molar-refractivity contribution in [1.82, 2.24) is 0 Å². The van der Waals surface area contributed by atoms with Gasteiger partial charge < -0.3 is 18.6 Å². The van der Waals surface area contributed by atoms with Gasteiger partial charge in [-0.25, -0.2) is 4.39 Å². The Morgan fingerprint density at radius 1 is 1.00 bits per heavy atom. The lowest BCUT2D eigenvalue weighted by Crippen LogP contribution is -2.13. The molecule has 2 heterocycles. The third kappa shape index (κ3) is 5.07. The molecular weight excluding hydrogens is 475 g/mol. The highest BCUT2D eigenvalue weighted by Gasteiger charge is 2.19.